The molecule has 0 bridgehead atoms. The minimum Gasteiger partial charge on any atom is -0.444 e. The third kappa shape index (κ3) is 3.29. The Kier molecular flexibility index (Phi) is 3.42. The maximum absolute atomic E-state index is 11.8. The van der Waals surface area contributed by atoms with E-state index in [9.17, 15) is 4.79 Å². The summed E-state index contributed by atoms with van der Waals surface area (Å²) < 4.78 is 6.94. The second-order valence-electron chi connectivity index (χ2n) is 6.60. The lowest BCUT2D eigenvalue weighted by molar-refractivity contribution is 0.0636. The lowest BCUT2D eigenvalue weighted by Crippen LogP contribution is -2.27. The molecular weight excluding hydrogens is 282 g/mol. The van der Waals surface area contributed by atoms with Crippen LogP contribution in [0.25, 0.3) is 5.65 Å². The average Bonchev–Trinajstić information content (AvgIpc) is 3.15. The van der Waals surface area contributed by atoms with Gasteiger partial charge >= 0.3 is 6.09 Å². The molecule has 1 saturated carbocycles. The molecule has 1 fully saturated rings. The van der Waals surface area contributed by atoms with Crippen molar-refractivity contribution in [2.24, 2.45) is 0 Å². The van der Waals surface area contributed by atoms with Gasteiger partial charge in [-0.3, -0.25) is 5.32 Å². The van der Waals surface area contributed by atoms with Gasteiger partial charge in [-0.1, -0.05) is 0 Å². The van der Waals surface area contributed by atoms with Crippen molar-refractivity contribution in [2.75, 3.05) is 17.3 Å². The average molecular weight is 303 g/mol. The van der Waals surface area contributed by atoms with Crippen LogP contribution in [0.3, 0.4) is 0 Å². The molecular formula is C15H21N5O2. The third-order valence-corrected chi connectivity index (χ3v) is 3.38. The summed E-state index contributed by atoms with van der Waals surface area (Å²) in [6.45, 7) is 5.48. The van der Waals surface area contributed by atoms with E-state index in [1.54, 1.807) is 22.8 Å². The van der Waals surface area contributed by atoms with Crippen LogP contribution in [0.5, 0.6) is 0 Å². The van der Waals surface area contributed by atoms with Gasteiger partial charge in [-0.15, -0.1) is 5.10 Å². The lowest BCUT2D eigenvalue weighted by Gasteiger charge is -2.19. The Morgan fingerprint density at radius 1 is 1.45 bits per heavy atom. The van der Waals surface area contributed by atoms with Gasteiger partial charge in [0.15, 0.2) is 5.65 Å². The van der Waals surface area contributed by atoms with Crippen molar-refractivity contribution in [3.05, 3.63) is 18.3 Å². The number of amides is 1. The molecule has 22 heavy (non-hydrogen) atoms. The molecule has 0 aliphatic heterocycles. The second-order valence-corrected chi connectivity index (χ2v) is 6.60. The standard InChI is InChI=1S/C15H21N5O2/c1-15(2,3)22-14(21)16-10-7-8-20-12(9-10)17-13(18-20)19(4)11-5-6-11/h7-9,11H,5-6H2,1-4H3,(H,16,21). The number of carbonyl (C=O) groups is 1. The van der Waals surface area contributed by atoms with Crippen LogP contribution in [0.1, 0.15) is 33.6 Å². The van der Waals surface area contributed by atoms with Gasteiger partial charge in [0.2, 0.25) is 5.95 Å². The molecule has 2 aromatic heterocycles. The van der Waals surface area contributed by atoms with Crippen LogP contribution in [0, 0.1) is 0 Å². The van der Waals surface area contributed by atoms with E-state index in [0.29, 0.717) is 23.3 Å². The van der Waals surface area contributed by atoms with Crippen molar-refractivity contribution in [3.63, 3.8) is 0 Å². The van der Waals surface area contributed by atoms with Gasteiger partial charge in [-0.25, -0.2) is 9.31 Å². The zero-order chi connectivity index (χ0) is 15.9. The highest BCUT2D eigenvalue weighted by molar-refractivity contribution is 5.85. The van der Waals surface area contributed by atoms with Gasteiger partial charge in [-0.2, -0.15) is 4.98 Å². The molecule has 0 unspecified atom stereocenters. The third-order valence-electron chi connectivity index (χ3n) is 3.38. The van der Waals surface area contributed by atoms with Gasteiger partial charge in [0.25, 0.3) is 0 Å². The Balaban J connectivity index is 1.76. The summed E-state index contributed by atoms with van der Waals surface area (Å²) in [4.78, 5) is 18.4. The molecule has 1 amide bonds. The van der Waals surface area contributed by atoms with E-state index in [-0.39, 0.29) is 0 Å². The Labute approximate surface area is 129 Å². The lowest BCUT2D eigenvalue weighted by atomic mass is 10.2. The van der Waals surface area contributed by atoms with E-state index < -0.39 is 11.7 Å². The molecule has 0 saturated heterocycles. The second kappa shape index (κ2) is 5.15. The summed E-state index contributed by atoms with van der Waals surface area (Å²) in [6.07, 6.45) is 3.68. The highest BCUT2D eigenvalue weighted by atomic mass is 16.6. The number of rotatable bonds is 3. The SMILES string of the molecule is CN(c1nc2cc(NC(=O)OC(C)(C)C)ccn2n1)C1CC1. The predicted octanol–water partition coefficient (Wildman–Crippen LogP) is 2.67. The van der Waals surface area contributed by atoms with Gasteiger partial charge in [0, 0.05) is 31.0 Å². The van der Waals surface area contributed by atoms with Crippen molar-refractivity contribution in [2.45, 2.75) is 45.3 Å². The molecule has 3 rings (SSSR count). The van der Waals surface area contributed by atoms with Crippen molar-refractivity contribution in [1.29, 1.82) is 0 Å². The van der Waals surface area contributed by atoms with Crippen LogP contribution in [0.2, 0.25) is 0 Å². The number of carbonyl (C=O) groups excluding carboxylic acids is 1. The quantitative estimate of drug-likeness (QED) is 0.944. The molecule has 1 aliphatic carbocycles. The minimum absolute atomic E-state index is 0.480. The fourth-order valence-electron chi connectivity index (χ4n) is 2.14. The number of fused-ring (bicyclic) bond motifs is 1. The maximum atomic E-state index is 11.8. The number of nitrogens with one attached hydrogen (secondary N) is 1. The summed E-state index contributed by atoms with van der Waals surface area (Å²) in [7, 11) is 2.01. The van der Waals surface area contributed by atoms with Gasteiger partial charge in [0.05, 0.1) is 0 Å². The van der Waals surface area contributed by atoms with Crippen molar-refractivity contribution < 1.29 is 9.53 Å². The molecule has 0 spiro atoms. The van der Waals surface area contributed by atoms with Crippen molar-refractivity contribution in [1.82, 2.24) is 14.6 Å². The molecule has 2 heterocycles. The molecule has 2 aromatic rings. The summed E-state index contributed by atoms with van der Waals surface area (Å²) in [5.74, 6) is 0.705. The van der Waals surface area contributed by atoms with Crippen LogP contribution >= 0.6 is 0 Å². The summed E-state index contributed by atoms with van der Waals surface area (Å²) in [5.41, 5.74) is 0.800. The molecule has 7 nitrogen and oxygen atoms in total. The Morgan fingerprint density at radius 3 is 2.82 bits per heavy atom. The van der Waals surface area contributed by atoms with Crippen LogP contribution < -0.4 is 10.2 Å². The van der Waals surface area contributed by atoms with Crippen LogP contribution in [-0.2, 0) is 4.74 Å². The number of nitrogens with zero attached hydrogens (tertiary/aromatic N) is 4. The smallest absolute Gasteiger partial charge is 0.412 e. The Hall–Kier alpha value is -2.31. The summed E-state index contributed by atoms with van der Waals surface area (Å²) >= 11 is 0. The van der Waals surface area contributed by atoms with E-state index >= 15 is 0 Å². The molecule has 0 aromatic carbocycles. The van der Waals surface area contributed by atoms with E-state index in [2.05, 4.69) is 20.3 Å². The normalized spacial score (nSPS) is 14.9. The molecule has 0 radical (unpaired) electrons. The molecule has 118 valence electrons. The van der Waals surface area contributed by atoms with Crippen LogP contribution in [-0.4, -0.2) is 39.4 Å². The fraction of sp³-hybridized carbons (Fsp3) is 0.533. The zero-order valence-corrected chi connectivity index (χ0v) is 13.3. The van der Waals surface area contributed by atoms with E-state index in [0.717, 1.165) is 0 Å². The fourth-order valence-corrected chi connectivity index (χ4v) is 2.14. The number of ether oxygens (including phenoxy) is 1. The molecule has 1 aliphatic rings. The van der Waals surface area contributed by atoms with Gasteiger partial charge in [-0.05, 0) is 39.7 Å². The van der Waals surface area contributed by atoms with Gasteiger partial charge < -0.3 is 9.64 Å². The molecule has 7 heteroatoms. The van der Waals surface area contributed by atoms with E-state index in [1.165, 1.54) is 12.8 Å². The number of pyridine rings is 1. The Bertz CT molecular complexity index is 700. The van der Waals surface area contributed by atoms with E-state index in [4.69, 9.17) is 4.74 Å². The van der Waals surface area contributed by atoms with E-state index in [1.807, 2.05) is 27.8 Å². The molecule has 0 atom stereocenters. The van der Waals surface area contributed by atoms with Crippen LogP contribution in [0.4, 0.5) is 16.4 Å². The monoisotopic (exact) mass is 303 g/mol. The topological polar surface area (TPSA) is 71.8 Å². The zero-order valence-electron chi connectivity index (χ0n) is 13.3. The number of anilines is 2. The van der Waals surface area contributed by atoms with Crippen molar-refractivity contribution in [3.8, 4) is 0 Å². The number of aromatic nitrogens is 3. The first-order valence-electron chi connectivity index (χ1n) is 7.41. The first kappa shape index (κ1) is 14.6. The largest absolute Gasteiger partial charge is 0.444 e. The first-order valence-corrected chi connectivity index (χ1v) is 7.41. The van der Waals surface area contributed by atoms with Gasteiger partial charge in [0.1, 0.15) is 5.60 Å². The van der Waals surface area contributed by atoms with Crippen LogP contribution in [0.15, 0.2) is 18.3 Å². The number of hydrogen-bond donors (Lipinski definition) is 1. The Morgan fingerprint density at radius 2 is 2.18 bits per heavy atom. The molecule has 1 N–H and O–H groups in total. The highest BCUT2D eigenvalue weighted by Crippen LogP contribution is 2.28. The first-order chi connectivity index (χ1) is 10.3. The number of hydrogen-bond acceptors (Lipinski definition) is 5. The minimum atomic E-state index is -0.525. The summed E-state index contributed by atoms with van der Waals surface area (Å²) in [6, 6.07) is 4.10. The highest BCUT2D eigenvalue weighted by Gasteiger charge is 2.28. The summed E-state index contributed by atoms with van der Waals surface area (Å²) in [5, 5.41) is 7.15. The van der Waals surface area contributed by atoms with Crippen molar-refractivity contribution >= 4 is 23.4 Å². The predicted molar refractivity (Wildman–Crippen MR) is 84.3 cm³/mol. The maximum Gasteiger partial charge on any atom is 0.412 e.